The highest BCUT2D eigenvalue weighted by atomic mass is 32.2. The van der Waals surface area contributed by atoms with Crippen molar-refractivity contribution in [3.63, 3.8) is 0 Å². The zero-order chi connectivity index (χ0) is 24.2. The van der Waals surface area contributed by atoms with Gasteiger partial charge in [-0.25, -0.2) is 8.42 Å². The molecular formula is C27H29NO4S2. The lowest BCUT2D eigenvalue weighted by molar-refractivity contribution is -0.141. The molecule has 0 amide bonds. The average Bonchev–Trinajstić information content (AvgIpc) is 3.26. The van der Waals surface area contributed by atoms with Gasteiger partial charge in [-0.2, -0.15) is 4.31 Å². The second-order valence-corrected chi connectivity index (χ2v) is 12.0. The number of benzene rings is 3. The molecule has 1 fully saturated rings. The first-order valence-electron chi connectivity index (χ1n) is 11.2. The molecule has 0 radical (unpaired) electrons. The van der Waals surface area contributed by atoms with E-state index >= 15 is 0 Å². The number of hydrogen-bond donors (Lipinski definition) is 0. The Balaban J connectivity index is 1.81. The topological polar surface area (TPSA) is 63.7 Å². The van der Waals surface area contributed by atoms with Gasteiger partial charge in [-0.3, -0.25) is 4.79 Å². The molecule has 1 heterocycles. The second kappa shape index (κ2) is 10.3. The van der Waals surface area contributed by atoms with Gasteiger partial charge in [0.25, 0.3) is 0 Å². The first-order valence-corrected chi connectivity index (χ1v) is 14.0. The van der Waals surface area contributed by atoms with Gasteiger partial charge in [-0.05, 0) is 23.1 Å². The minimum atomic E-state index is -3.48. The summed E-state index contributed by atoms with van der Waals surface area (Å²) in [5.41, 5.74) is 3.37. The minimum Gasteiger partial charge on any atom is -0.469 e. The van der Waals surface area contributed by atoms with Crippen LogP contribution in [0.3, 0.4) is 0 Å². The summed E-state index contributed by atoms with van der Waals surface area (Å²) in [5.74, 6) is -0.398. The third-order valence-corrected chi connectivity index (χ3v) is 9.30. The molecule has 0 aromatic heterocycles. The van der Waals surface area contributed by atoms with Gasteiger partial charge in [-0.1, -0.05) is 91.0 Å². The predicted octanol–water partition coefficient (Wildman–Crippen LogP) is 4.68. The van der Waals surface area contributed by atoms with Crippen LogP contribution in [-0.2, 0) is 24.3 Å². The number of sulfonamides is 1. The number of nitrogens with zero attached hydrogens (tertiary/aromatic N) is 1. The van der Waals surface area contributed by atoms with E-state index in [9.17, 15) is 13.2 Å². The van der Waals surface area contributed by atoms with Crippen LogP contribution in [0.25, 0.3) is 0 Å². The van der Waals surface area contributed by atoms with Gasteiger partial charge in [0.05, 0.1) is 24.5 Å². The number of thioether (sulfide) groups is 1. The Kier molecular flexibility index (Phi) is 7.45. The van der Waals surface area contributed by atoms with Crippen LogP contribution in [0.2, 0.25) is 0 Å². The van der Waals surface area contributed by atoms with Crippen molar-refractivity contribution >= 4 is 27.8 Å². The van der Waals surface area contributed by atoms with E-state index in [1.54, 1.807) is 11.8 Å². The largest absolute Gasteiger partial charge is 0.469 e. The first kappa shape index (κ1) is 24.5. The standard InChI is InChI=1S/C27H29NO4S2/c1-32-26(29)19-24-18-25(20-28(24)34(2,30)31)33-27(21-12-6-3-7-13-21,22-14-8-4-9-15-22)23-16-10-5-11-17-23/h3-17,24-25H,18-20H2,1-2H3. The van der Waals surface area contributed by atoms with Crippen molar-refractivity contribution in [2.75, 3.05) is 19.9 Å². The van der Waals surface area contributed by atoms with Gasteiger partial charge < -0.3 is 4.74 Å². The molecule has 3 aromatic rings. The molecule has 0 aliphatic carbocycles. The zero-order valence-corrected chi connectivity index (χ0v) is 21.0. The maximum Gasteiger partial charge on any atom is 0.307 e. The molecule has 178 valence electrons. The number of esters is 1. The van der Waals surface area contributed by atoms with Crippen molar-refractivity contribution in [2.24, 2.45) is 0 Å². The van der Waals surface area contributed by atoms with E-state index in [0.29, 0.717) is 13.0 Å². The summed E-state index contributed by atoms with van der Waals surface area (Å²) in [4.78, 5) is 12.0. The summed E-state index contributed by atoms with van der Waals surface area (Å²) in [6, 6.07) is 30.6. The molecule has 0 bridgehead atoms. The van der Waals surface area contributed by atoms with Gasteiger partial charge in [0.2, 0.25) is 10.0 Å². The Morgan fingerprint density at radius 3 is 1.74 bits per heavy atom. The van der Waals surface area contributed by atoms with Crippen molar-refractivity contribution < 1.29 is 17.9 Å². The van der Waals surface area contributed by atoms with Gasteiger partial charge in [0.15, 0.2) is 0 Å². The van der Waals surface area contributed by atoms with Crippen LogP contribution in [0, 0.1) is 0 Å². The Hall–Kier alpha value is -2.61. The second-order valence-electron chi connectivity index (χ2n) is 8.52. The molecule has 5 nitrogen and oxygen atoms in total. The monoisotopic (exact) mass is 495 g/mol. The van der Waals surface area contributed by atoms with Gasteiger partial charge in [0.1, 0.15) is 0 Å². The van der Waals surface area contributed by atoms with E-state index in [1.807, 2.05) is 54.6 Å². The summed E-state index contributed by atoms with van der Waals surface area (Å²) in [6.45, 7) is 0.347. The molecule has 2 unspecified atom stereocenters. The van der Waals surface area contributed by atoms with Crippen LogP contribution < -0.4 is 0 Å². The Labute approximate surface area is 206 Å². The molecule has 34 heavy (non-hydrogen) atoms. The van der Waals surface area contributed by atoms with Crippen molar-refractivity contribution in [1.82, 2.24) is 4.31 Å². The number of rotatable bonds is 8. The number of methoxy groups -OCH3 is 1. The highest BCUT2D eigenvalue weighted by molar-refractivity contribution is 8.01. The minimum absolute atomic E-state index is 0.0231. The van der Waals surface area contributed by atoms with Crippen LogP contribution in [0.4, 0.5) is 0 Å². The van der Waals surface area contributed by atoms with E-state index in [0.717, 1.165) is 16.7 Å². The maximum atomic E-state index is 12.6. The molecule has 0 saturated carbocycles. The number of carbonyl (C=O) groups is 1. The molecule has 1 aliphatic rings. The normalized spacial score (nSPS) is 19.1. The van der Waals surface area contributed by atoms with E-state index in [-0.39, 0.29) is 11.7 Å². The lowest BCUT2D eigenvalue weighted by Gasteiger charge is -2.37. The van der Waals surface area contributed by atoms with Crippen molar-refractivity contribution in [1.29, 1.82) is 0 Å². The number of ether oxygens (including phenoxy) is 1. The lowest BCUT2D eigenvalue weighted by atomic mass is 9.84. The molecule has 7 heteroatoms. The van der Waals surface area contributed by atoms with E-state index in [4.69, 9.17) is 4.74 Å². The zero-order valence-electron chi connectivity index (χ0n) is 19.3. The fraction of sp³-hybridized carbons (Fsp3) is 0.296. The summed E-state index contributed by atoms with van der Waals surface area (Å²) in [6.07, 6.45) is 1.83. The molecule has 0 spiro atoms. The summed E-state index contributed by atoms with van der Waals surface area (Å²) in [5, 5.41) is -0.0231. The molecular weight excluding hydrogens is 466 g/mol. The Morgan fingerprint density at radius 1 is 0.912 bits per heavy atom. The fourth-order valence-corrected chi connectivity index (χ4v) is 7.89. The Morgan fingerprint density at radius 2 is 1.35 bits per heavy atom. The molecule has 3 aromatic carbocycles. The van der Waals surface area contributed by atoms with Crippen LogP contribution in [-0.4, -0.2) is 49.9 Å². The number of carbonyl (C=O) groups excluding carboxylic acids is 1. The van der Waals surface area contributed by atoms with Gasteiger partial charge in [-0.15, -0.1) is 11.8 Å². The van der Waals surface area contributed by atoms with Crippen molar-refractivity contribution in [2.45, 2.75) is 28.9 Å². The molecule has 1 aliphatic heterocycles. The Bertz CT molecular complexity index is 1100. The maximum absolute atomic E-state index is 12.6. The summed E-state index contributed by atoms with van der Waals surface area (Å²) >= 11 is 1.76. The van der Waals surface area contributed by atoms with Crippen LogP contribution in [0.1, 0.15) is 29.5 Å². The van der Waals surface area contributed by atoms with Crippen LogP contribution in [0.15, 0.2) is 91.0 Å². The van der Waals surface area contributed by atoms with Crippen LogP contribution in [0.5, 0.6) is 0 Å². The fourth-order valence-electron chi connectivity index (χ4n) is 4.77. The number of hydrogen-bond acceptors (Lipinski definition) is 5. The molecule has 2 atom stereocenters. The lowest BCUT2D eigenvalue weighted by Crippen LogP contribution is -2.36. The van der Waals surface area contributed by atoms with E-state index in [1.165, 1.54) is 17.7 Å². The summed E-state index contributed by atoms with van der Waals surface area (Å²) in [7, 11) is -2.14. The molecule has 0 N–H and O–H groups in total. The smallest absolute Gasteiger partial charge is 0.307 e. The van der Waals surface area contributed by atoms with Crippen molar-refractivity contribution in [3.8, 4) is 0 Å². The quantitative estimate of drug-likeness (QED) is 0.336. The molecule has 4 rings (SSSR count). The third-order valence-electron chi connectivity index (χ3n) is 6.27. The van der Waals surface area contributed by atoms with Gasteiger partial charge in [0, 0.05) is 17.8 Å². The molecule has 1 saturated heterocycles. The van der Waals surface area contributed by atoms with Gasteiger partial charge >= 0.3 is 5.97 Å². The summed E-state index contributed by atoms with van der Waals surface area (Å²) < 4.78 is 31.0. The SMILES string of the molecule is COC(=O)CC1CC(SC(c2ccccc2)(c2ccccc2)c2ccccc2)CN1S(C)(=O)=O. The predicted molar refractivity (Wildman–Crippen MR) is 137 cm³/mol. The average molecular weight is 496 g/mol. The first-order chi connectivity index (χ1) is 16.3. The highest BCUT2D eigenvalue weighted by Gasteiger charge is 2.45. The third kappa shape index (κ3) is 5.06. The van der Waals surface area contributed by atoms with E-state index < -0.39 is 26.8 Å². The van der Waals surface area contributed by atoms with Crippen LogP contribution >= 0.6 is 11.8 Å². The van der Waals surface area contributed by atoms with E-state index in [2.05, 4.69) is 36.4 Å². The van der Waals surface area contributed by atoms with Crippen molar-refractivity contribution in [3.05, 3.63) is 108 Å². The highest BCUT2D eigenvalue weighted by Crippen LogP contribution is 2.52.